The first-order valence-electron chi connectivity index (χ1n) is 13.1. The van der Waals surface area contributed by atoms with Crippen LogP contribution in [0.4, 0.5) is 0 Å². The fourth-order valence-corrected chi connectivity index (χ4v) is 8.35. The minimum Gasteiger partial charge on any atom is -0.451 e. The number of nitrogens with zero attached hydrogens (tertiary/aromatic N) is 1. The zero-order chi connectivity index (χ0) is 26.5. The average molecular weight is 506 g/mol. The Labute approximate surface area is 216 Å². The smallest absolute Gasteiger partial charge is 0.339 e. The number of ether oxygens (including phenoxy) is 1. The Balaban J connectivity index is 1.47. The molecule has 1 aromatic carbocycles. The molecule has 9 atom stereocenters. The van der Waals surface area contributed by atoms with Crippen LogP contribution in [0, 0.1) is 34.5 Å². The number of benzene rings is 1. The second kappa shape index (κ2) is 7.96. The molecule has 2 saturated carbocycles. The van der Waals surface area contributed by atoms with Crippen molar-refractivity contribution in [3.63, 3.8) is 0 Å². The average Bonchev–Trinajstić information content (AvgIpc) is 3.37. The van der Waals surface area contributed by atoms with E-state index in [1.807, 2.05) is 25.1 Å². The number of pyridine rings is 1. The monoisotopic (exact) mass is 505 g/mol. The molecule has 7 heteroatoms. The molecule has 0 aliphatic heterocycles. The molecule has 0 radical (unpaired) electrons. The van der Waals surface area contributed by atoms with Gasteiger partial charge in [0.1, 0.15) is 11.7 Å². The second-order valence-electron chi connectivity index (χ2n) is 12.2. The van der Waals surface area contributed by atoms with Crippen LogP contribution in [0.15, 0.2) is 59.8 Å². The summed E-state index contributed by atoms with van der Waals surface area (Å²) in [5, 5.41) is 47.2. The first-order chi connectivity index (χ1) is 17.5. The minimum atomic E-state index is -2.06. The van der Waals surface area contributed by atoms with E-state index in [0.29, 0.717) is 28.0 Å². The van der Waals surface area contributed by atoms with Gasteiger partial charge in [-0.3, -0.25) is 4.98 Å². The van der Waals surface area contributed by atoms with E-state index in [-0.39, 0.29) is 28.7 Å². The number of rotatable bonds is 3. The van der Waals surface area contributed by atoms with Gasteiger partial charge in [0.15, 0.2) is 6.10 Å². The molecule has 0 amide bonds. The van der Waals surface area contributed by atoms with Gasteiger partial charge >= 0.3 is 5.97 Å². The molecule has 37 heavy (non-hydrogen) atoms. The van der Waals surface area contributed by atoms with Crippen LogP contribution in [0.5, 0.6) is 0 Å². The molecule has 2 aromatic rings. The Bertz CT molecular complexity index is 1340. The Hall–Kier alpha value is -2.58. The summed E-state index contributed by atoms with van der Waals surface area (Å²) in [6.07, 6.45) is 2.15. The van der Waals surface area contributed by atoms with E-state index < -0.39 is 41.9 Å². The second-order valence-corrected chi connectivity index (χ2v) is 12.2. The number of aromatic nitrogens is 1. The predicted octanol–water partition coefficient (Wildman–Crippen LogP) is 3.02. The van der Waals surface area contributed by atoms with E-state index in [1.165, 1.54) is 6.20 Å². The van der Waals surface area contributed by atoms with Crippen molar-refractivity contribution in [2.24, 2.45) is 34.5 Å². The first-order valence-corrected chi connectivity index (χ1v) is 13.1. The number of para-hydroxylation sites is 1. The molecular formula is C30H35NO6. The quantitative estimate of drug-likeness (QED) is 0.374. The number of esters is 1. The van der Waals surface area contributed by atoms with E-state index >= 15 is 0 Å². The molecule has 0 saturated heterocycles. The molecule has 1 unspecified atom stereocenters. The van der Waals surface area contributed by atoms with Crippen LogP contribution >= 0.6 is 0 Å². The van der Waals surface area contributed by atoms with E-state index in [0.717, 1.165) is 6.42 Å². The fourth-order valence-electron chi connectivity index (χ4n) is 8.35. The van der Waals surface area contributed by atoms with Crippen LogP contribution in [0.2, 0.25) is 0 Å². The van der Waals surface area contributed by atoms with Crippen LogP contribution < -0.4 is 0 Å². The van der Waals surface area contributed by atoms with Crippen molar-refractivity contribution in [2.45, 2.75) is 58.0 Å². The predicted molar refractivity (Wildman–Crippen MR) is 137 cm³/mol. The van der Waals surface area contributed by atoms with Crippen molar-refractivity contribution in [3.05, 3.63) is 65.4 Å². The van der Waals surface area contributed by atoms with E-state index in [4.69, 9.17) is 4.74 Å². The highest BCUT2D eigenvalue weighted by Crippen LogP contribution is 2.72. The fraction of sp³-hybridized carbons (Fsp3) is 0.533. The van der Waals surface area contributed by atoms with Gasteiger partial charge in [-0.15, -0.1) is 0 Å². The van der Waals surface area contributed by atoms with Crippen LogP contribution in [-0.2, 0) is 4.74 Å². The van der Waals surface area contributed by atoms with Crippen LogP contribution in [0.25, 0.3) is 10.9 Å². The zero-order valence-electron chi connectivity index (χ0n) is 21.6. The van der Waals surface area contributed by atoms with Crippen molar-refractivity contribution in [2.75, 3.05) is 6.61 Å². The van der Waals surface area contributed by atoms with Gasteiger partial charge in [-0.25, -0.2) is 4.79 Å². The van der Waals surface area contributed by atoms with Gasteiger partial charge < -0.3 is 25.2 Å². The number of hydrogen-bond donors (Lipinski definition) is 4. The maximum absolute atomic E-state index is 13.6. The molecule has 196 valence electrons. The van der Waals surface area contributed by atoms with Crippen LogP contribution in [0.1, 0.15) is 44.5 Å². The lowest BCUT2D eigenvalue weighted by Gasteiger charge is -2.52. The van der Waals surface area contributed by atoms with Gasteiger partial charge in [-0.2, -0.15) is 0 Å². The maximum atomic E-state index is 13.6. The number of carbonyl (C=O) groups is 1. The molecule has 4 aliphatic rings. The highest BCUT2D eigenvalue weighted by atomic mass is 16.6. The Morgan fingerprint density at radius 3 is 2.65 bits per heavy atom. The lowest BCUT2D eigenvalue weighted by Crippen LogP contribution is -2.66. The summed E-state index contributed by atoms with van der Waals surface area (Å²) in [5.74, 6) is -0.703. The summed E-state index contributed by atoms with van der Waals surface area (Å²) in [5.41, 5.74) is -1.53. The third-order valence-corrected chi connectivity index (χ3v) is 10.3. The highest BCUT2D eigenvalue weighted by molar-refractivity contribution is 6.03. The molecule has 1 heterocycles. The van der Waals surface area contributed by atoms with Gasteiger partial charge in [-0.05, 0) is 59.8 Å². The van der Waals surface area contributed by atoms with Gasteiger partial charge in [0, 0.05) is 17.5 Å². The third kappa shape index (κ3) is 3.03. The van der Waals surface area contributed by atoms with Gasteiger partial charge in [-0.1, -0.05) is 51.1 Å². The zero-order valence-corrected chi connectivity index (χ0v) is 21.6. The third-order valence-electron chi connectivity index (χ3n) is 10.3. The molecule has 1 spiro atoms. The molecule has 2 bridgehead atoms. The molecular weight excluding hydrogens is 470 g/mol. The van der Waals surface area contributed by atoms with Gasteiger partial charge in [0.2, 0.25) is 0 Å². The normalized spacial score (nSPS) is 41.6. The minimum absolute atomic E-state index is 0.0115. The topological polar surface area (TPSA) is 120 Å². The Kier molecular flexibility index (Phi) is 5.32. The maximum Gasteiger partial charge on any atom is 0.339 e. The summed E-state index contributed by atoms with van der Waals surface area (Å²) in [6.45, 7) is 7.69. The SMILES string of the molecule is CC1=C[C@]23C(O)[C@@H](C=C(CO)[C@@H](O)[C@]2(O)[C@H]1OC(=O)c1ccnc2ccccc12)[C@H]1[C@@H](C[C@H]3C)C1(C)C. The largest absolute Gasteiger partial charge is 0.451 e. The summed E-state index contributed by atoms with van der Waals surface area (Å²) < 4.78 is 6.05. The van der Waals surface area contributed by atoms with E-state index in [1.54, 1.807) is 31.2 Å². The van der Waals surface area contributed by atoms with E-state index in [2.05, 4.69) is 18.8 Å². The molecule has 4 aliphatic carbocycles. The van der Waals surface area contributed by atoms with Crippen molar-refractivity contribution in [1.82, 2.24) is 4.98 Å². The van der Waals surface area contributed by atoms with Crippen LogP contribution in [-0.4, -0.2) is 61.9 Å². The molecule has 1 aromatic heterocycles. The highest BCUT2D eigenvalue weighted by Gasteiger charge is 2.76. The van der Waals surface area contributed by atoms with Gasteiger partial charge in [0.05, 0.1) is 29.2 Å². The van der Waals surface area contributed by atoms with Crippen molar-refractivity contribution in [3.8, 4) is 0 Å². The summed E-state index contributed by atoms with van der Waals surface area (Å²) in [4.78, 5) is 17.9. The first kappa shape index (κ1) is 24.7. The number of aliphatic hydroxyl groups excluding tert-OH is 3. The van der Waals surface area contributed by atoms with Crippen molar-refractivity contribution >= 4 is 16.9 Å². The summed E-state index contributed by atoms with van der Waals surface area (Å²) >= 11 is 0. The Morgan fingerprint density at radius 1 is 1.19 bits per heavy atom. The Morgan fingerprint density at radius 2 is 1.92 bits per heavy atom. The molecule has 4 N–H and O–H groups in total. The molecule has 6 rings (SSSR count). The lowest BCUT2D eigenvalue weighted by atomic mass is 9.58. The van der Waals surface area contributed by atoms with Crippen molar-refractivity contribution in [1.29, 1.82) is 0 Å². The number of carbonyl (C=O) groups excluding carboxylic acids is 1. The lowest BCUT2D eigenvalue weighted by molar-refractivity contribution is -0.215. The van der Waals surface area contributed by atoms with Crippen LogP contribution in [0.3, 0.4) is 0 Å². The summed E-state index contributed by atoms with van der Waals surface area (Å²) in [7, 11) is 0. The molecule has 7 nitrogen and oxygen atoms in total. The van der Waals surface area contributed by atoms with Gasteiger partial charge in [0.25, 0.3) is 0 Å². The summed E-state index contributed by atoms with van der Waals surface area (Å²) in [6, 6.07) is 8.82. The standard InChI is InChI=1S/C30H35NO6/c1-15-13-29-16(2)11-21-23(28(21,3)4)20(25(29)34)12-17(14-32)24(33)30(29,36)26(15)37-27(35)19-9-10-31-22-8-6-5-7-18(19)22/h5-10,12-13,16,20-21,23-26,32-34,36H,11,14H2,1-4H3/t16-,20+,21-,23+,24-,25?,26+,29+,30+/m1/s1. The number of aliphatic hydroxyl groups is 4. The van der Waals surface area contributed by atoms with Crippen molar-refractivity contribution < 1.29 is 30.0 Å². The van der Waals surface area contributed by atoms with E-state index in [9.17, 15) is 25.2 Å². The molecule has 2 fully saturated rings. The number of fused-ring (bicyclic) bond motifs is 4. The number of hydrogen-bond acceptors (Lipinski definition) is 7.